The predicted molar refractivity (Wildman–Crippen MR) is 102 cm³/mol. The zero-order chi connectivity index (χ0) is 18.9. The Balaban J connectivity index is 1.64. The van der Waals surface area contributed by atoms with Crippen molar-refractivity contribution >= 4 is 22.7 Å². The molecule has 1 aromatic heterocycles. The van der Waals surface area contributed by atoms with Gasteiger partial charge in [0, 0.05) is 38.0 Å². The molecule has 2 aromatic rings. The molecule has 0 bridgehead atoms. The lowest BCUT2D eigenvalue weighted by Gasteiger charge is -2.40. The van der Waals surface area contributed by atoms with Crippen LogP contribution < -0.4 is 0 Å². The first-order chi connectivity index (χ1) is 13.1. The number of pyridine rings is 1. The van der Waals surface area contributed by atoms with E-state index in [1.807, 2.05) is 35.2 Å². The second-order valence-electron chi connectivity index (χ2n) is 7.44. The van der Waals surface area contributed by atoms with Crippen molar-refractivity contribution in [1.29, 1.82) is 0 Å². The fourth-order valence-electron chi connectivity index (χ4n) is 4.19. The summed E-state index contributed by atoms with van der Waals surface area (Å²) in [5, 5.41) is 1.01. The van der Waals surface area contributed by atoms with Crippen LogP contribution in [0.2, 0.25) is 0 Å². The molecule has 0 N–H and O–H groups in total. The van der Waals surface area contributed by atoms with Crippen molar-refractivity contribution in [2.45, 2.75) is 31.7 Å². The molecule has 6 nitrogen and oxygen atoms in total. The summed E-state index contributed by atoms with van der Waals surface area (Å²) in [6, 6.07) is 11.5. The van der Waals surface area contributed by atoms with Gasteiger partial charge in [0.1, 0.15) is 5.69 Å². The Morgan fingerprint density at radius 1 is 1.26 bits per heavy atom. The first kappa shape index (κ1) is 17.9. The Bertz CT molecular complexity index is 861. The lowest BCUT2D eigenvalue weighted by Crippen LogP contribution is -2.57. The zero-order valence-corrected chi connectivity index (χ0v) is 15.7. The normalized spacial score (nSPS) is 23.2. The third-order valence-electron chi connectivity index (χ3n) is 5.59. The van der Waals surface area contributed by atoms with Crippen LogP contribution in [0.5, 0.6) is 0 Å². The highest BCUT2D eigenvalue weighted by Crippen LogP contribution is 2.31. The number of carbonyl (C=O) groups is 2. The number of benzene rings is 1. The van der Waals surface area contributed by atoms with Crippen molar-refractivity contribution in [1.82, 2.24) is 14.8 Å². The fourth-order valence-corrected chi connectivity index (χ4v) is 4.19. The van der Waals surface area contributed by atoms with Crippen molar-refractivity contribution in [3.8, 4) is 0 Å². The molecule has 1 atom stereocenters. The molecule has 0 saturated carbocycles. The summed E-state index contributed by atoms with van der Waals surface area (Å²) in [6.07, 6.45) is 2.02. The molecule has 1 spiro atoms. The number of fused-ring (bicyclic) bond motifs is 1. The minimum atomic E-state index is -0.407. The highest BCUT2D eigenvalue weighted by atomic mass is 16.5. The number of aromatic nitrogens is 1. The molecule has 3 heterocycles. The van der Waals surface area contributed by atoms with Gasteiger partial charge in [-0.25, -0.2) is 4.98 Å². The molecule has 1 unspecified atom stereocenters. The molecule has 6 heteroatoms. The summed E-state index contributed by atoms with van der Waals surface area (Å²) < 4.78 is 5.66. The minimum Gasteiger partial charge on any atom is -0.379 e. The summed E-state index contributed by atoms with van der Waals surface area (Å²) in [6.45, 7) is 4.83. The molecule has 0 aliphatic carbocycles. The van der Waals surface area contributed by atoms with Gasteiger partial charge in [-0.2, -0.15) is 0 Å². The molecular formula is C21H25N3O3. The van der Waals surface area contributed by atoms with Crippen LogP contribution in [0.15, 0.2) is 36.4 Å². The van der Waals surface area contributed by atoms with Crippen LogP contribution >= 0.6 is 0 Å². The van der Waals surface area contributed by atoms with E-state index in [0.29, 0.717) is 45.0 Å². The summed E-state index contributed by atoms with van der Waals surface area (Å²) in [5.74, 6) is 0.00213. The maximum absolute atomic E-state index is 13.2. The topological polar surface area (TPSA) is 62.7 Å². The Labute approximate surface area is 159 Å². The molecule has 2 saturated heterocycles. The van der Waals surface area contributed by atoms with Crippen LogP contribution in [-0.4, -0.2) is 65.0 Å². The van der Waals surface area contributed by atoms with Crippen LogP contribution in [0.25, 0.3) is 10.9 Å². The molecule has 27 heavy (non-hydrogen) atoms. The van der Waals surface area contributed by atoms with Crippen molar-refractivity contribution in [3.05, 3.63) is 42.1 Å². The van der Waals surface area contributed by atoms with E-state index in [1.54, 1.807) is 11.0 Å². The van der Waals surface area contributed by atoms with Crippen LogP contribution in [0.1, 0.15) is 36.7 Å². The number of carbonyl (C=O) groups excluding carboxylic acids is 2. The second-order valence-corrected chi connectivity index (χ2v) is 7.44. The number of para-hydroxylation sites is 1. The monoisotopic (exact) mass is 367 g/mol. The van der Waals surface area contributed by atoms with Gasteiger partial charge in [-0.3, -0.25) is 9.59 Å². The van der Waals surface area contributed by atoms with E-state index >= 15 is 0 Å². The Morgan fingerprint density at radius 2 is 2.11 bits per heavy atom. The quantitative estimate of drug-likeness (QED) is 0.836. The van der Waals surface area contributed by atoms with Gasteiger partial charge in [0.2, 0.25) is 5.91 Å². The smallest absolute Gasteiger partial charge is 0.272 e. The molecule has 2 amide bonds. The summed E-state index contributed by atoms with van der Waals surface area (Å²) >= 11 is 0. The highest BCUT2D eigenvalue weighted by Gasteiger charge is 2.46. The summed E-state index contributed by atoms with van der Waals surface area (Å²) in [5.41, 5.74) is 0.829. The number of rotatable bonds is 3. The molecule has 4 rings (SSSR count). The van der Waals surface area contributed by atoms with Gasteiger partial charge in [-0.05, 0) is 25.0 Å². The first-order valence-electron chi connectivity index (χ1n) is 9.66. The minimum absolute atomic E-state index is 0.113. The molecule has 142 valence electrons. The SMILES string of the molecule is CCCN1C(=O)CCN(C(=O)c2ccc3ccccc3n2)CC12CCOC2. The van der Waals surface area contributed by atoms with E-state index in [0.717, 1.165) is 23.7 Å². The Kier molecular flexibility index (Phi) is 4.83. The number of hydrogen-bond acceptors (Lipinski definition) is 4. The van der Waals surface area contributed by atoms with Gasteiger partial charge >= 0.3 is 0 Å². The van der Waals surface area contributed by atoms with Crippen LogP contribution in [0, 0.1) is 0 Å². The second kappa shape index (κ2) is 7.27. The van der Waals surface area contributed by atoms with Gasteiger partial charge < -0.3 is 14.5 Å². The fraction of sp³-hybridized carbons (Fsp3) is 0.476. The van der Waals surface area contributed by atoms with Gasteiger partial charge in [-0.15, -0.1) is 0 Å². The van der Waals surface area contributed by atoms with Gasteiger partial charge in [-0.1, -0.05) is 31.2 Å². The number of amides is 2. The van der Waals surface area contributed by atoms with E-state index in [2.05, 4.69) is 11.9 Å². The molecule has 2 aliphatic rings. The van der Waals surface area contributed by atoms with Crippen LogP contribution in [0.3, 0.4) is 0 Å². The summed E-state index contributed by atoms with van der Waals surface area (Å²) in [4.78, 5) is 34.3. The van der Waals surface area contributed by atoms with Crippen molar-refractivity contribution in [2.24, 2.45) is 0 Å². The van der Waals surface area contributed by atoms with Gasteiger partial charge in [0.25, 0.3) is 5.91 Å². The van der Waals surface area contributed by atoms with Crippen molar-refractivity contribution in [3.63, 3.8) is 0 Å². The van der Waals surface area contributed by atoms with E-state index in [4.69, 9.17) is 4.74 Å². The molecule has 2 fully saturated rings. The maximum atomic E-state index is 13.2. The molecular weight excluding hydrogens is 342 g/mol. The Hall–Kier alpha value is -2.47. The number of hydrogen-bond donors (Lipinski definition) is 0. The van der Waals surface area contributed by atoms with Crippen molar-refractivity contribution < 1.29 is 14.3 Å². The predicted octanol–water partition coefficient (Wildman–Crippen LogP) is 2.48. The first-order valence-corrected chi connectivity index (χ1v) is 9.66. The molecule has 1 aromatic carbocycles. The summed E-state index contributed by atoms with van der Waals surface area (Å²) in [7, 11) is 0. The largest absolute Gasteiger partial charge is 0.379 e. The van der Waals surface area contributed by atoms with Crippen LogP contribution in [0.4, 0.5) is 0 Å². The highest BCUT2D eigenvalue weighted by molar-refractivity contribution is 5.95. The van der Waals surface area contributed by atoms with E-state index < -0.39 is 5.54 Å². The number of ether oxygens (including phenoxy) is 1. The average molecular weight is 367 g/mol. The van der Waals surface area contributed by atoms with E-state index in [1.165, 1.54) is 0 Å². The lowest BCUT2D eigenvalue weighted by molar-refractivity contribution is -0.136. The maximum Gasteiger partial charge on any atom is 0.272 e. The molecule has 2 aliphatic heterocycles. The van der Waals surface area contributed by atoms with Gasteiger partial charge in [0.05, 0.1) is 17.7 Å². The van der Waals surface area contributed by atoms with Crippen molar-refractivity contribution in [2.75, 3.05) is 32.8 Å². The third-order valence-corrected chi connectivity index (χ3v) is 5.59. The van der Waals surface area contributed by atoms with E-state index in [-0.39, 0.29) is 11.8 Å². The Morgan fingerprint density at radius 3 is 2.89 bits per heavy atom. The lowest BCUT2D eigenvalue weighted by atomic mass is 9.95. The van der Waals surface area contributed by atoms with Crippen LogP contribution in [-0.2, 0) is 9.53 Å². The van der Waals surface area contributed by atoms with E-state index in [9.17, 15) is 9.59 Å². The standard InChI is InChI=1S/C21H25N3O3/c1-2-11-24-19(25)9-12-23(14-21(24)10-13-27-15-21)20(26)18-8-7-16-5-3-4-6-17(16)22-18/h3-8H,2,9-15H2,1H3. The van der Waals surface area contributed by atoms with Gasteiger partial charge in [0.15, 0.2) is 0 Å². The third kappa shape index (κ3) is 3.30. The zero-order valence-electron chi connectivity index (χ0n) is 15.7. The number of nitrogens with zero attached hydrogens (tertiary/aromatic N) is 3. The average Bonchev–Trinajstić information content (AvgIpc) is 3.12. The molecule has 0 radical (unpaired) electrons.